The van der Waals surface area contributed by atoms with Gasteiger partial charge in [-0.2, -0.15) is 8.42 Å². The number of benzene rings is 2. The minimum atomic E-state index is -3.66. The number of nitrogens with zero attached hydrogens (tertiary/aromatic N) is 2. The van der Waals surface area contributed by atoms with Gasteiger partial charge in [-0.3, -0.25) is 4.79 Å². The number of likely N-dealkylation sites (tertiary alicyclic amines) is 1. The fourth-order valence-electron chi connectivity index (χ4n) is 3.81. The maximum Gasteiger partial charge on any atom is 0.285 e. The molecule has 2 heterocycles. The first kappa shape index (κ1) is 18.7. The topological polar surface area (TPSA) is 78.8 Å². The van der Waals surface area contributed by atoms with Crippen molar-refractivity contribution in [1.82, 2.24) is 4.90 Å². The maximum absolute atomic E-state index is 12.9. The van der Waals surface area contributed by atoms with Crippen LogP contribution in [0.4, 0.5) is 5.69 Å². The average Bonchev–Trinajstić information content (AvgIpc) is 2.96. The lowest BCUT2D eigenvalue weighted by atomic mass is 9.96. The van der Waals surface area contributed by atoms with Gasteiger partial charge in [-0.25, -0.2) is 0 Å². The van der Waals surface area contributed by atoms with Crippen LogP contribution in [0.5, 0.6) is 0 Å². The molecular formula is C21H23N3O3S. The summed E-state index contributed by atoms with van der Waals surface area (Å²) in [5.41, 5.74) is 3.56. The van der Waals surface area contributed by atoms with Gasteiger partial charge in [-0.1, -0.05) is 24.3 Å². The Morgan fingerprint density at radius 3 is 2.79 bits per heavy atom. The lowest BCUT2D eigenvalue weighted by molar-refractivity contribution is -0.121. The van der Waals surface area contributed by atoms with Crippen LogP contribution in [0.1, 0.15) is 29.5 Å². The van der Waals surface area contributed by atoms with Crippen molar-refractivity contribution < 1.29 is 13.2 Å². The molecule has 7 heteroatoms. The molecule has 6 nitrogen and oxygen atoms in total. The Bertz CT molecular complexity index is 1080. The Morgan fingerprint density at radius 2 is 1.96 bits per heavy atom. The van der Waals surface area contributed by atoms with Crippen molar-refractivity contribution in [2.24, 2.45) is 10.3 Å². The van der Waals surface area contributed by atoms with Crippen LogP contribution in [0.2, 0.25) is 0 Å². The molecule has 0 bridgehead atoms. The smallest absolute Gasteiger partial charge is 0.285 e. The molecule has 0 aromatic heterocycles. The van der Waals surface area contributed by atoms with Crippen LogP contribution in [0.3, 0.4) is 0 Å². The zero-order valence-corrected chi connectivity index (χ0v) is 16.8. The van der Waals surface area contributed by atoms with Gasteiger partial charge in [-0.05, 0) is 56.0 Å². The van der Waals surface area contributed by atoms with E-state index in [1.165, 1.54) is 0 Å². The summed E-state index contributed by atoms with van der Waals surface area (Å²) >= 11 is 0. The summed E-state index contributed by atoms with van der Waals surface area (Å²) in [6, 6.07) is 12.8. The molecule has 2 aliphatic heterocycles. The Kier molecular flexibility index (Phi) is 4.71. The van der Waals surface area contributed by atoms with Gasteiger partial charge in [0.25, 0.3) is 10.0 Å². The maximum atomic E-state index is 12.9. The predicted molar refractivity (Wildman–Crippen MR) is 109 cm³/mol. The van der Waals surface area contributed by atoms with E-state index >= 15 is 0 Å². The number of amidine groups is 1. The van der Waals surface area contributed by atoms with Crippen molar-refractivity contribution >= 4 is 27.5 Å². The van der Waals surface area contributed by atoms with Crippen molar-refractivity contribution in [3.8, 4) is 0 Å². The van der Waals surface area contributed by atoms with Crippen molar-refractivity contribution in [3.05, 3.63) is 59.2 Å². The quantitative estimate of drug-likeness (QED) is 0.845. The summed E-state index contributed by atoms with van der Waals surface area (Å²) < 4.78 is 28.7. The molecule has 1 N–H and O–H groups in total. The van der Waals surface area contributed by atoms with Gasteiger partial charge in [0.2, 0.25) is 5.91 Å². The largest absolute Gasteiger partial charge is 0.355 e. The number of carbonyl (C=O) groups excluding carboxylic acids is 1. The van der Waals surface area contributed by atoms with Crippen molar-refractivity contribution in [1.29, 1.82) is 0 Å². The first-order chi connectivity index (χ1) is 13.3. The van der Waals surface area contributed by atoms with Gasteiger partial charge in [-0.15, -0.1) is 4.40 Å². The van der Waals surface area contributed by atoms with E-state index in [-0.39, 0.29) is 16.7 Å². The zero-order valence-electron chi connectivity index (χ0n) is 16.0. The third kappa shape index (κ3) is 3.42. The van der Waals surface area contributed by atoms with Crippen molar-refractivity contribution in [2.45, 2.75) is 31.6 Å². The second-order valence-corrected chi connectivity index (χ2v) is 9.05. The number of fused-ring (bicyclic) bond motifs is 1. The SMILES string of the molecule is Cc1ccc(C)c(NC(=O)C2CCCN(C3=NS(=O)(=O)c4ccccc43)C2)c1. The van der Waals surface area contributed by atoms with E-state index in [9.17, 15) is 13.2 Å². The highest BCUT2D eigenvalue weighted by molar-refractivity contribution is 7.90. The van der Waals surface area contributed by atoms with Crippen LogP contribution >= 0.6 is 0 Å². The van der Waals surface area contributed by atoms with Gasteiger partial charge >= 0.3 is 0 Å². The fourth-order valence-corrected chi connectivity index (χ4v) is 5.03. The molecule has 0 aliphatic carbocycles. The van der Waals surface area contributed by atoms with Crippen LogP contribution in [-0.2, 0) is 14.8 Å². The first-order valence-electron chi connectivity index (χ1n) is 9.42. The third-order valence-electron chi connectivity index (χ3n) is 5.36. The van der Waals surface area contributed by atoms with Crippen molar-refractivity contribution in [3.63, 3.8) is 0 Å². The van der Waals surface area contributed by atoms with E-state index < -0.39 is 10.0 Å². The van der Waals surface area contributed by atoms with E-state index in [1.54, 1.807) is 18.2 Å². The average molecular weight is 398 g/mol. The van der Waals surface area contributed by atoms with E-state index in [1.807, 2.05) is 43.0 Å². The number of piperidine rings is 1. The molecule has 28 heavy (non-hydrogen) atoms. The molecule has 2 aromatic rings. The molecule has 1 saturated heterocycles. The monoisotopic (exact) mass is 397 g/mol. The van der Waals surface area contributed by atoms with E-state index in [4.69, 9.17) is 0 Å². The molecule has 2 aliphatic rings. The van der Waals surface area contributed by atoms with E-state index in [0.29, 0.717) is 24.5 Å². The molecule has 4 rings (SSSR count). The Hall–Kier alpha value is -2.67. The van der Waals surface area contributed by atoms with E-state index in [0.717, 1.165) is 29.7 Å². The highest BCUT2D eigenvalue weighted by Gasteiger charge is 2.35. The summed E-state index contributed by atoms with van der Waals surface area (Å²) in [7, 11) is -3.66. The number of sulfonamides is 1. The van der Waals surface area contributed by atoms with Gasteiger partial charge in [0, 0.05) is 24.3 Å². The van der Waals surface area contributed by atoms with Crippen LogP contribution in [0.25, 0.3) is 0 Å². The lowest BCUT2D eigenvalue weighted by Gasteiger charge is -2.33. The fraction of sp³-hybridized carbons (Fsp3) is 0.333. The highest BCUT2D eigenvalue weighted by Crippen LogP contribution is 2.30. The molecule has 0 saturated carbocycles. The van der Waals surface area contributed by atoms with E-state index in [2.05, 4.69) is 9.71 Å². The number of hydrogen-bond acceptors (Lipinski definition) is 4. The second kappa shape index (κ2) is 7.05. The summed E-state index contributed by atoms with van der Waals surface area (Å²) in [6.07, 6.45) is 1.58. The predicted octanol–water partition coefficient (Wildman–Crippen LogP) is 3.10. The van der Waals surface area contributed by atoms with Gasteiger partial charge in [0.1, 0.15) is 4.90 Å². The van der Waals surface area contributed by atoms with Crippen molar-refractivity contribution in [2.75, 3.05) is 18.4 Å². The second-order valence-electron chi connectivity index (χ2n) is 7.48. The number of nitrogens with one attached hydrogen (secondary N) is 1. The summed E-state index contributed by atoms with van der Waals surface area (Å²) in [5.74, 6) is 0.208. The number of aryl methyl sites for hydroxylation is 2. The normalized spacial score (nSPS) is 20.4. The van der Waals surface area contributed by atoms with Crippen LogP contribution in [-0.4, -0.2) is 38.2 Å². The van der Waals surface area contributed by atoms with Gasteiger partial charge < -0.3 is 10.2 Å². The zero-order chi connectivity index (χ0) is 19.9. The minimum Gasteiger partial charge on any atom is -0.355 e. The molecule has 1 atom stereocenters. The Morgan fingerprint density at radius 1 is 1.18 bits per heavy atom. The minimum absolute atomic E-state index is 0.0341. The number of amides is 1. The highest BCUT2D eigenvalue weighted by atomic mass is 32.2. The van der Waals surface area contributed by atoms with Crippen LogP contribution in [0, 0.1) is 19.8 Å². The number of hydrogen-bond donors (Lipinski definition) is 1. The molecule has 0 radical (unpaired) electrons. The Balaban J connectivity index is 1.54. The van der Waals surface area contributed by atoms with Gasteiger partial charge in [0.15, 0.2) is 5.84 Å². The van der Waals surface area contributed by atoms with Crippen LogP contribution < -0.4 is 5.32 Å². The lowest BCUT2D eigenvalue weighted by Crippen LogP contribution is -2.43. The third-order valence-corrected chi connectivity index (χ3v) is 6.68. The molecule has 2 aromatic carbocycles. The number of carbonyl (C=O) groups is 1. The first-order valence-corrected chi connectivity index (χ1v) is 10.9. The van der Waals surface area contributed by atoms with Crippen LogP contribution in [0.15, 0.2) is 51.8 Å². The molecule has 1 unspecified atom stereocenters. The molecule has 1 amide bonds. The summed E-state index contributed by atoms with van der Waals surface area (Å²) in [6.45, 7) is 5.11. The standard InChI is InChI=1S/C21H23N3O3S/c1-14-9-10-15(2)18(12-14)22-21(25)16-6-5-11-24(13-16)20-17-7-3-4-8-19(17)28(26,27)23-20/h3-4,7-10,12,16H,5-6,11,13H2,1-2H3,(H,22,25). The number of anilines is 1. The molecule has 0 spiro atoms. The van der Waals surface area contributed by atoms with Gasteiger partial charge in [0.05, 0.1) is 5.92 Å². The molecule has 146 valence electrons. The summed E-state index contributed by atoms with van der Waals surface area (Å²) in [5, 5.41) is 3.04. The number of rotatable bonds is 2. The molecule has 1 fully saturated rings. The summed E-state index contributed by atoms with van der Waals surface area (Å²) in [4.78, 5) is 15.0. The molecular weight excluding hydrogens is 374 g/mol. The Labute approximate surface area is 165 Å².